The minimum absolute atomic E-state index is 0.463. The molecule has 0 unspecified atom stereocenters. The molecule has 0 heterocycles. The van der Waals surface area contributed by atoms with E-state index in [-0.39, 0.29) is 0 Å². The maximum atomic E-state index is 9.96. The van der Waals surface area contributed by atoms with Crippen LogP contribution in [-0.2, 0) is 0 Å². The Morgan fingerprint density at radius 3 is 2.53 bits per heavy atom. The van der Waals surface area contributed by atoms with Crippen molar-refractivity contribution in [2.45, 2.75) is 6.10 Å². The van der Waals surface area contributed by atoms with Crippen LogP contribution in [0.3, 0.4) is 0 Å². The number of hydrogen-bond acceptors (Lipinski definition) is 2. The van der Waals surface area contributed by atoms with E-state index in [4.69, 9.17) is 11.6 Å². The summed E-state index contributed by atoms with van der Waals surface area (Å²) in [6.45, 7) is 0.463. The Hall–Kier alpha value is -1.51. The number of aliphatic hydroxyl groups is 1. The van der Waals surface area contributed by atoms with Gasteiger partial charge < -0.3 is 10.4 Å². The maximum Gasteiger partial charge on any atom is 0.0962 e. The molecule has 88 valence electrons. The van der Waals surface area contributed by atoms with Crippen molar-refractivity contribution in [3.05, 3.63) is 65.2 Å². The largest absolute Gasteiger partial charge is 0.387 e. The van der Waals surface area contributed by atoms with Crippen LogP contribution in [0.4, 0.5) is 5.69 Å². The average Bonchev–Trinajstić information content (AvgIpc) is 2.37. The Balaban J connectivity index is 1.95. The first-order valence-corrected chi connectivity index (χ1v) is 5.86. The summed E-state index contributed by atoms with van der Waals surface area (Å²) in [7, 11) is 0. The number of aliphatic hydroxyl groups excluding tert-OH is 1. The van der Waals surface area contributed by atoms with Crippen molar-refractivity contribution in [3.8, 4) is 0 Å². The van der Waals surface area contributed by atoms with E-state index >= 15 is 0 Å². The Kier molecular flexibility index (Phi) is 4.02. The number of anilines is 1. The molecule has 0 spiro atoms. The quantitative estimate of drug-likeness (QED) is 0.867. The number of nitrogens with one attached hydrogen (secondary N) is 1. The van der Waals surface area contributed by atoms with Crippen LogP contribution in [0.25, 0.3) is 0 Å². The second-order valence-corrected chi connectivity index (χ2v) is 4.25. The molecule has 0 radical (unpaired) electrons. The lowest BCUT2D eigenvalue weighted by atomic mass is 10.1. The summed E-state index contributed by atoms with van der Waals surface area (Å²) in [5.41, 5.74) is 1.81. The molecule has 0 aliphatic rings. The smallest absolute Gasteiger partial charge is 0.0962 e. The molecule has 2 aromatic carbocycles. The Labute approximate surface area is 106 Å². The fourth-order valence-electron chi connectivity index (χ4n) is 1.61. The summed E-state index contributed by atoms with van der Waals surface area (Å²) in [6, 6.07) is 17.0. The van der Waals surface area contributed by atoms with E-state index in [1.807, 2.05) is 54.6 Å². The lowest BCUT2D eigenvalue weighted by molar-refractivity contribution is 0.191. The van der Waals surface area contributed by atoms with E-state index < -0.39 is 6.10 Å². The number of hydrogen-bond donors (Lipinski definition) is 2. The topological polar surface area (TPSA) is 32.3 Å². The average molecular weight is 248 g/mol. The second kappa shape index (κ2) is 5.71. The normalized spacial score (nSPS) is 12.1. The molecule has 0 amide bonds. The van der Waals surface area contributed by atoms with E-state index in [0.717, 1.165) is 11.3 Å². The highest BCUT2D eigenvalue weighted by Gasteiger charge is 2.05. The fraction of sp³-hybridized carbons (Fsp3) is 0.143. The Bertz CT molecular complexity index is 473. The molecule has 1 atom stereocenters. The van der Waals surface area contributed by atoms with Crippen LogP contribution in [0, 0.1) is 0 Å². The summed E-state index contributed by atoms with van der Waals surface area (Å²) in [5.74, 6) is 0. The molecule has 0 fully saturated rings. The molecule has 0 aliphatic carbocycles. The van der Waals surface area contributed by atoms with Crippen molar-refractivity contribution in [1.82, 2.24) is 0 Å². The molecule has 0 saturated heterocycles. The summed E-state index contributed by atoms with van der Waals surface area (Å²) in [4.78, 5) is 0. The predicted molar refractivity (Wildman–Crippen MR) is 71.3 cm³/mol. The summed E-state index contributed by atoms with van der Waals surface area (Å²) < 4.78 is 0. The third kappa shape index (κ3) is 3.48. The SMILES string of the molecule is O[C@@H](CNc1cccc(Cl)c1)c1ccccc1. The van der Waals surface area contributed by atoms with Gasteiger partial charge in [0.1, 0.15) is 0 Å². The highest BCUT2D eigenvalue weighted by molar-refractivity contribution is 6.30. The zero-order valence-corrected chi connectivity index (χ0v) is 10.1. The molecule has 17 heavy (non-hydrogen) atoms. The van der Waals surface area contributed by atoms with Gasteiger partial charge in [-0.15, -0.1) is 0 Å². The highest BCUT2D eigenvalue weighted by atomic mass is 35.5. The van der Waals surface area contributed by atoms with Gasteiger partial charge in [0.25, 0.3) is 0 Å². The zero-order chi connectivity index (χ0) is 12.1. The zero-order valence-electron chi connectivity index (χ0n) is 9.31. The van der Waals surface area contributed by atoms with Gasteiger partial charge >= 0.3 is 0 Å². The molecule has 2 nitrogen and oxygen atoms in total. The fourth-order valence-corrected chi connectivity index (χ4v) is 1.80. The monoisotopic (exact) mass is 247 g/mol. The number of halogens is 1. The van der Waals surface area contributed by atoms with E-state index in [2.05, 4.69) is 5.32 Å². The molecule has 0 saturated carbocycles. The summed E-state index contributed by atoms with van der Waals surface area (Å²) >= 11 is 5.87. The van der Waals surface area contributed by atoms with Crippen LogP contribution in [0.1, 0.15) is 11.7 Å². The highest BCUT2D eigenvalue weighted by Crippen LogP contribution is 2.17. The van der Waals surface area contributed by atoms with Crippen LogP contribution < -0.4 is 5.32 Å². The van der Waals surface area contributed by atoms with E-state index in [1.165, 1.54) is 0 Å². The van der Waals surface area contributed by atoms with Crippen molar-refractivity contribution in [3.63, 3.8) is 0 Å². The van der Waals surface area contributed by atoms with Crippen molar-refractivity contribution < 1.29 is 5.11 Å². The molecule has 0 bridgehead atoms. The Morgan fingerprint density at radius 2 is 1.82 bits per heavy atom. The molecule has 2 N–H and O–H groups in total. The minimum atomic E-state index is -0.518. The van der Waals surface area contributed by atoms with Gasteiger partial charge in [0.2, 0.25) is 0 Å². The minimum Gasteiger partial charge on any atom is -0.387 e. The van der Waals surface area contributed by atoms with Gasteiger partial charge in [-0.2, -0.15) is 0 Å². The lowest BCUT2D eigenvalue weighted by Crippen LogP contribution is -2.11. The van der Waals surface area contributed by atoms with Gasteiger partial charge in [-0.25, -0.2) is 0 Å². The standard InChI is InChI=1S/C14H14ClNO/c15-12-7-4-8-13(9-12)16-10-14(17)11-5-2-1-3-6-11/h1-9,14,16-17H,10H2/t14-/m0/s1. The first kappa shape index (κ1) is 12.0. The van der Waals surface area contributed by atoms with Crippen LogP contribution in [0.5, 0.6) is 0 Å². The second-order valence-electron chi connectivity index (χ2n) is 3.82. The van der Waals surface area contributed by atoms with Gasteiger partial charge in [0.05, 0.1) is 6.10 Å². The van der Waals surface area contributed by atoms with Gasteiger partial charge in [-0.3, -0.25) is 0 Å². The van der Waals surface area contributed by atoms with Crippen LogP contribution >= 0.6 is 11.6 Å². The van der Waals surface area contributed by atoms with Gasteiger partial charge in [0, 0.05) is 17.3 Å². The molecule has 0 aliphatic heterocycles. The summed E-state index contributed by atoms with van der Waals surface area (Å²) in [5, 5.41) is 13.8. The lowest BCUT2D eigenvalue weighted by Gasteiger charge is -2.13. The van der Waals surface area contributed by atoms with Crippen molar-refractivity contribution >= 4 is 17.3 Å². The van der Waals surface area contributed by atoms with E-state index in [9.17, 15) is 5.11 Å². The van der Waals surface area contributed by atoms with E-state index in [1.54, 1.807) is 0 Å². The van der Waals surface area contributed by atoms with Crippen LogP contribution in [0.15, 0.2) is 54.6 Å². The van der Waals surface area contributed by atoms with Crippen molar-refractivity contribution in [1.29, 1.82) is 0 Å². The maximum absolute atomic E-state index is 9.96. The van der Waals surface area contributed by atoms with Gasteiger partial charge in [-0.1, -0.05) is 48.0 Å². The van der Waals surface area contributed by atoms with Gasteiger partial charge in [-0.05, 0) is 23.8 Å². The predicted octanol–water partition coefficient (Wildman–Crippen LogP) is 3.49. The first-order valence-electron chi connectivity index (χ1n) is 5.48. The van der Waals surface area contributed by atoms with Crippen molar-refractivity contribution in [2.75, 3.05) is 11.9 Å². The number of rotatable bonds is 4. The molecule has 3 heteroatoms. The number of benzene rings is 2. The Morgan fingerprint density at radius 1 is 1.06 bits per heavy atom. The molecular weight excluding hydrogens is 234 g/mol. The summed E-state index contributed by atoms with van der Waals surface area (Å²) in [6.07, 6.45) is -0.518. The van der Waals surface area contributed by atoms with Crippen LogP contribution in [0.2, 0.25) is 5.02 Å². The van der Waals surface area contributed by atoms with Gasteiger partial charge in [0.15, 0.2) is 0 Å². The molecular formula is C14H14ClNO. The molecule has 2 aromatic rings. The van der Waals surface area contributed by atoms with Crippen LogP contribution in [-0.4, -0.2) is 11.7 Å². The van der Waals surface area contributed by atoms with Crippen molar-refractivity contribution in [2.24, 2.45) is 0 Å². The molecule has 2 rings (SSSR count). The first-order chi connectivity index (χ1) is 8.25. The third-order valence-corrected chi connectivity index (χ3v) is 2.74. The van der Waals surface area contributed by atoms with E-state index in [0.29, 0.717) is 11.6 Å². The third-order valence-electron chi connectivity index (χ3n) is 2.51. The molecule has 0 aromatic heterocycles.